The summed E-state index contributed by atoms with van der Waals surface area (Å²) >= 11 is 0. The van der Waals surface area contributed by atoms with Crippen LogP contribution in [0.4, 0.5) is 0 Å². The minimum absolute atomic E-state index is 0.0100. The summed E-state index contributed by atoms with van der Waals surface area (Å²) in [7, 11) is -3.13. The highest BCUT2D eigenvalue weighted by molar-refractivity contribution is 7.91. The molecule has 168 valence electrons. The zero-order valence-electron chi connectivity index (χ0n) is 18.4. The van der Waals surface area contributed by atoms with Gasteiger partial charge in [-0.2, -0.15) is 0 Å². The molecule has 1 aromatic heterocycles. The first kappa shape index (κ1) is 21.9. The molecular formula is C24H31NO5S. The summed E-state index contributed by atoms with van der Waals surface area (Å²) in [5.74, 6) is 3.23. The predicted octanol–water partition coefficient (Wildman–Crippen LogP) is 3.95. The van der Waals surface area contributed by atoms with E-state index in [9.17, 15) is 13.2 Å². The van der Waals surface area contributed by atoms with Crippen molar-refractivity contribution < 1.29 is 22.4 Å². The van der Waals surface area contributed by atoms with Gasteiger partial charge in [-0.3, -0.25) is 4.79 Å². The number of furan rings is 1. The van der Waals surface area contributed by atoms with Gasteiger partial charge in [0, 0.05) is 12.0 Å². The Balaban J connectivity index is 1.49. The van der Waals surface area contributed by atoms with E-state index in [0.29, 0.717) is 29.8 Å². The van der Waals surface area contributed by atoms with Crippen molar-refractivity contribution in [2.75, 3.05) is 11.5 Å². The molecule has 1 aliphatic heterocycles. The maximum absolute atomic E-state index is 13.3. The van der Waals surface area contributed by atoms with Crippen LogP contribution in [-0.4, -0.2) is 42.9 Å². The molecule has 2 fully saturated rings. The van der Waals surface area contributed by atoms with Gasteiger partial charge in [0.2, 0.25) is 0 Å². The Morgan fingerprint density at radius 3 is 2.52 bits per heavy atom. The third-order valence-corrected chi connectivity index (χ3v) is 8.16. The van der Waals surface area contributed by atoms with E-state index in [1.807, 2.05) is 36.4 Å². The number of carbonyl (C=O) groups excluding carboxylic acids is 1. The van der Waals surface area contributed by atoms with Gasteiger partial charge in [0.1, 0.15) is 17.3 Å². The Morgan fingerprint density at radius 2 is 1.94 bits per heavy atom. The summed E-state index contributed by atoms with van der Waals surface area (Å²) in [6.07, 6.45) is 1.77. The zero-order valence-corrected chi connectivity index (χ0v) is 19.2. The first-order valence-electron chi connectivity index (χ1n) is 11.1. The number of hydrogen-bond acceptors (Lipinski definition) is 5. The summed E-state index contributed by atoms with van der Waals surface area (Å²) < 4.78 is 36.1. The Morgan fingerprint density at radius 1 is 1.23 bits per heavy atom. The Hall–Kier alpha value is -2.28. The molecule has 2 aromatic rings. The van der Waals surface area contributed by atoms with Gasteiger partial charge in [-0.25, -0.2) is 8.42 Å². The molecule has 2 heterocycles. The lowest BCUT2D eigenvalue weighted by molar-refractivity contribution is -0.140. The SMILES string of the molecule is CCc1ccc(OC(C)C(=O)N(Cc2ccc(C3CC3C)o2)C2CCS(=O)(=O)C2)cc1. The standard InChI is InChI=1S/C24H31NO5S/c1-4-18-5-7-20(8-6-18)29-17(3)24(26)25(19-11-12-31(27,28)15-19)14-21-9-10-23(30-21)22-13-16(22)2/h5-10,16-17,19,22H,4,11-15H2,1-3H3. The number of nitrogens with zero attached hydrogens (tertiary/aromatic N) is 1. The van der Waals surface area contributed by atoms with Crippen molar-refractivity contribution in [2.24, 2.45) is 5.92 Å². The van der Waals surface area contributed by atoms with Crippen molar-refractivity contribution in [3.05, 3.63) is 53.5 Å². The van der Waals surface area contributed by atoms with Crippen LogP contribution >= 0.6 is 0 Å². The molecule has 2 aliphatic rings. The summed E-state index contributed by atoms with van der Waals surface area (Å²) in [6.45, 7) is 6.24. The van der Waals surface area contributed by atoms with Crippen LogP contribution in [0.15, 0.2) is 40.8 Å². The number of sulfone groups is 1. The molecule has 1 aliphatic carbocycles. The second-order valence-corrected chi connectivity index (χ2v) is 11.1. The molecule has 1 saturated heterocycles. The maximum atomic E-state index is 13.3. The van der Waals surface area contributed by atoms with Crippen molar-refractivity contribution in [1.29, 1.82) is 0 Å². The number of benzene rings is 1. The van der Waals surface area contributed by atoms with Crippen molar-refractivity contribution >= 4 is 15.7 Å². The van der Waals surface area contributed by atoms with Crippen molar-refractivity contribution in [1.82, 2.24) is 4.90 Å². The van der Waals surface area contributed by atoms with Crippen molar-refractivity contribution in [2.45, 2.75) is 64.6 Å². The zero-order chi connectivity index (χ0) is 22.2. The van der Waals surface area contributed by atoms with E-state index in [1.165, 1.54) is 5.56 Å². The molecule has 1 amide bonds. The molecule has 0 bridgehead atoms. The minimum atomic E-state index is -3.13. The van der Waals surface area contributed by atoms with Crippen LogP contribution in [0.1, 0.15) is 56.6 Å². The van der Waals surface area contributed by atoms with Crippen LogP contribution < -0.4 is 4.74 Å². The van der Waals surface area contributed by atoms with Crippen LogP contribution in [0.25, 0.3) is 0 Å². The molecular weight excluding hydrogens is 414 g/mol. The van der Waals surface area contributed by atoms with E-state index < -0.39 is 15.9 Å². The Labute approximate surface area is 184 Å². The predicted molar refractivity (Wildman–Crippen MR) is 119 cm³/mol. The third kappa shape index (κ3) is 5.14. The van der Waals surface area contributed by atoms with Crippen LogP contribution in [0.2, 0.25) is 0 Å². The number of amides is 1. The first-order valence-corrected chi connectivity index (χ1v) is 12.9. The molecule has 0 radical (unpaired) electrons. The number of hydrogen-bond donors (Lipinski definition) is 0. The molecule has 4 atom stereocenters. The average Bonchev–Trinajstić information content (AvgIpc) is 3.12. The topological polar surface area (TPSA) is 76.8 Å². The molecule has 1 aromatic carbocycles. The van der Waals surface area contributed by atoms with Crippen LogP contribution in [-0.2, 0) is 27.6 Å². The van der Waals surface area contributed by atoms with Gasteiger partial charge in [-0.05, 0) is 61.9 Å². The number of rotatable bonds is 8. The number of aryl methyl sites for hydroxylation is 1. The third-order valence-electron chi connectivity index (χ3n) is 6.41. The van der Waals surface area contributed by atoms with Gasteiger partial charge in [0.25, 0.3) is 5.91 Å². The second-order valence-electron chi connectivity index (χ2n) is 8.90. The Kier molecular flexibility index (Phi) is 6.15. The van der Waals surface area contributed by atoms with Gasteiger partial charge in [-0.15, -0.1) is 0 Å². The molecule has 31 heavy (non-hydrogen) atoms. The lowest BCUT2D eigenvalue weighted by Gasteiger charge is -2.30. The maximum Gasteiger partial charge on any atom is 0.264 e. The fourth-order valence-electron chi connectivity index (χ4n) is 4.27. The highest BCUT2D eigenvalue weighted by Crippen LogP contribution is 2.47. The summed E-state index contributed by atoms with van der Waals surface area (Å²) in [4.78, 5) is 15.0. The number of ether oxygens (including phenoxy) is 1. The summed E-state index contributed by atoms with van der Waals surface area (Å²) in [5.41, 5.74) is 1.20. The lowest BCUT2D eigenvalue weighted by Crippen LogP contribution is -2.46. The molecule has 6 nitrogen and oxygen atoms in total. The van der Waals surface area contributed by atoms with Crippen LogP contribution in [0, 0.1) is 5.92 Å². The van der Waals surface area contributed by atoms with E-state index in [2.05, 4.69) is 13.8 Å². The van der Waals surface area contributed by atoms with Crippen molar-refractivity contribution in [3.63, 3.8) is 0 Å². The molecule has 7 heteroatoms. The normalized spacial score (nSPS) is 25.2. The molecule has 4 unspecified atom stereocenters. The van der Waals surface area contributed by atoms with E-state index >= 15 is 0 Å². The van der Waals surface area contributed by atoms with E-state index in [1.54, 1.807) is 11.8 Å². The van der Waals surface area contributed by atoms with Crippen LogP contribution in [0.5, 0.6) is 5.75 Å². The highest BCUT2D eigenvalue weighted by atomic mass is 32.2. The lowest BCUT2D eigenvalue weighted by atomic mass is 10.1. The molecule has 0 N–H and O–H groups in total. The molecule has 4 rings (SSSR count). The fraction of sp³-hybridized carbons (Fsp3) is 0.542. The van der Waals surface area contributed by atoms with E-state index in [-0.39, 0.29) is 30.0 Å². The van der Waals surface area contributed by atoms with Gasteiger partial charge in [0.05, 0.1) is 18.1 Å². The van der Waals surface area contributed by atoms with Gasteiger partial charge in [-0.1, -0.05) is 26.0 Å². The quantitative estimate of drug-likeness (QED) is 0.615. The molecule has 0 spiro atoms. The average molecular weight is 446 g/mol. The van der Waals surface area contributed by atoms with Crippen LogP contribution in [0.3, 0.4) is 0 Å². The van der Waals surface area contributed by atoms with Gasteiger partial charge in [0.15, 0.2) is 15.9 Å². The van der Waals surface area contributed by atoms with Gasteiger partial charge < -0.3 is 14.1 Å². The second kappa shape index (κ2) is 8.69. The first-order chi connectivity index (χ1) is 14.8. The Bertz CT molecular complexity index is 1030. The van der Waals surface area contributed by atoms with E-state index in [0.717, 1.165) is 18.6 Å². The molecule has 1 saturated carbocycles. The van der Waals surface area contributed by atoms with Gasteiger partial charge >= 0.3 is 0 Å². The smallest absolute Gasteiger partial charge is 0.264 e. The van der Waals surface area contributed by atoms with E-state index in [4.69, 9.17) is 9.15 Å². The fourth-order valence-corrected chi connectivity index (χ4v) is 6.00. The monoisotopic (exact) mass is 445 g/mol. The largest absolute Gasteiger partial charge is 0.481 e. The minimum Gasteiger partial charge on any atom is -0.481 e. The van der Waals surface area contributed by atoms with Crippen molar-refractivity contribution in [3.8, 4) is 5.75 Å². The summed E-state index contributed by atoms with van der Waals surface area (Å²) in [5, 5.41) is 0. The summed E-state index contributed by atoms with van der Waals surface area (Å²) in [6, 6.07) is 11.2. The number of carbonyl (C=O) groups is 1. The highest BCUT2D eigenvalue weighted by Gasteiger charge is 2.39.